The van der Waals surface area contributed by atoms with Gasteiger partial charge in [0.1, 0.15) is 0 Å². The van der Waals surface area contributed by atoms with Crippen molar-refractivity contribution in [3.8, 4) is 0 Å². The summed E-state index contributed by atoms with van der Waals surface area (Å²) in [5.41, 5.74) is 1.51. The fourth-order valence-corrected chi connectivity index (χ4v) is 10.3. The van der Waals surface area contributed by atoms with Crippen LogP contribution in [0.2, 0.25) is 0 Å². The summed E-state index contributed by atoms with van der Waals surface area (Å²) in [6, 6.07) is 1.15. The van der Waals surface area contributed by atoms with Crippen LogP contribution in [-0.4, -0.2) is 61.3 Å². The molecule has 4 fully saturated rings. The summed E-state index contributed by atoms with van der Waals surface area (Å²) in [5.74, 6) is 2.53. The Bertz CT molecular complexity index is 747. The van der Waals surface area contributed by atoms with Crippen LogP contribution < -0.4 is 0 Å². The molecular formula is C27H46N2O. The third-order valence-corrected chi connectivity index (χ3v) is 12.2. The lowest BCUT2D eigenvalue weighted by Gasteiger charge is -2.60. The first-order chi connectivity index (χ1) is 14.0. The summed E-state index contributed by atoms with van der Waals surface area (Å²) in [5, 5.41) is 11.4. The molecule has 4 saturated carbocycles. The number of allylic oxidation sites excluding steroid dienone is 2. The van der Waals surface area contributed by atoms with Crippen molar-refractivity contribution >= 4 is 0 Å². The van der Waals surface area contributed by atoms with E-state index in [4.69, 9.17) is 0 Å². The maximum Gasteiger partial charge on any atom is 0.0594 e. The van der Waals surface area contributed by atoms with Gasteiger partial charge in [-0.1, -0.05) is 32.9 Å². The number of fused-ring (bicyclic) bond motifs is 2. The van der Waals surface area contributed by atoms with E-state index in [9.17, 15) is 5.11 Å². The lowest BCUT2D eigenvalue weighted by Crippen LogP contribution is -2.56. The fourth-order valence-electron chi connectivity index (χ4n) is 10.3. The van der Waals surface area contributed by atoms with Gasteiger partial charge < -0.3 is 14.9 Å². The van der Waals surface area contributed by atoms with Crippen LogP contribution in [0.15, 0.2) is 12.2 Å². The van der Waals surface area contributed by atoms with Crippen LogP contribution in [-0.2, 0) is 0 Å². The fraction of sp³-hybridized carbons (Fsp3) is 0.926. The molecule has 0 saturated heterocycles. The summed E-state index contributed by atoms with van der Waals surface area (Å²) in [4.78, 5) is 4.82. The molecule has 0 bridgehead atoms. The van der Waals surface area contributed by atoms with Gasteiger partial charge in [0.2, 0.25) is 0 Å². The smallest absolute Gasteiger partial charge is 0.0594 e. The first-order valence-electron chi connectivity index (χ1n) is 12.6. The van der Waals surface area contributed by atoms with Gasteiger partial charge in [0.15, 0.2) is 0 Å². The standard InChI is InChI=1S/C27H46N2O/c1-17-19-9-10-22-25(4)15-21(30)23(18(2)28(5)6)24(25,3)13-14-27(22)16-26(19,27)12-11-20(17)29(7)8/h9-10,17-23,30H,11-16H2,1-8H3. The van der Waals surface area contributed by atoms with E-state index >= 15 is 0 Å². The number of rotatable bonds is 3. The van der Waals surface area contributed by atoms with Crippen molar-refractivity contribution in [2.45, 2.75) is 84.4 Å². The minimum atomic E-state index is -0.170. The molecule has 2 spiro atoms. The monoisotopic (exact) mass is 414 g/mol. The Morgan fingerprint density at radius 3 is 2.30 bits per heavy atom. The van der Waals surface area contributed by atoms with Gasteiger partial charge >= 0.3 is 0 Å². The molecule has 5 aliphatic carbocycles. The first kappa shape index (κ1) is 21.5. The van der Waals surface area contributed by atoms with E-state index in [-0.39, 0.29) is 16.9 Å². The molecule has 0 aliphatic heterocycles. The molecule has 11 atom stereocenters. The van der Waals surface area contributed by atoms with E-state index in [0.717, 1.165) is 24.3 Å². The molecule has 0 radical (unpaired) electrons. The Morgan fingerprint density at radius 2 is 1.67 bits per heavy atom. The molecule has 30 heavy (non-hydrogen) atoms. The second kappa shape index (κ2) is 6.35. The van der Waals surface area contributed by atoms with Crippen LogP contribution in [0.25, 0.3) is 0 Å². The molecule has 0 amide bonds. The predicted molar refractivity (Wildman–Crippen MR) is 124 cm³/mol. The summed E-state index contributed by atoms with van der Waals surface area (Å²) in [6.45, 7) is 9.97. The number of aliphatic hydroxyl groups excluding tert-OH is 1. The SMILES string of the molecule is CC1C(N(C)C)CCC23CC24CCC2(C)C(C(C)N(C)C)C(O)CC2(C)C4C=CC13. The second-order valence-electron chi connectivity index (χ2n) is 13.1. The van der Waals surface area contributed by atoms with Crippen LogP contribution in [0, 0.1) is 45.3 Å². The number of hydrogen-bond acceptors (Lipinski definition) is 3. The zero-order valence-electron chi connectivity index (χ0n) is 20.8. The van der Waals surface area contributed by atoms with Gasteiger partial charge in [-0.25, -0.2) is 0 Å². The molecule has 3 nitrogen and oxygen atoms in total. The lowest BCUT2D eigenvalue weighted by molar-refractivity contribution is -0.0996. The van der Waals surface area contributed by atoms with Gasteiger partial charge in [-0.05, 0) is 113 Å². The number of aliphatic hydroxyl groups is 1. The van der Waals surface area contributed by atoms with Crippen LogP contribution in [0.1, 0.15) is 66.2 Å². The number of hydrogen-bond donors (Lipinski definition) is 1. The van der Waals surface area contributed by atoms with Crippen LogP contribution >= 0.6 is 0 Å². The highest BCUT2D eigenvalue weighted by atomic mass is 16.3. The molecule has 3 heteroatoms. The molecule has 0 heterocycles. The van der Waals surface area contributed by atoms with Crippen LogP contribution in [0.5, 0.6) is 0 Å². The van der Waals surface area contributed by atoms with Crippen LogP contribution in [0.4, 0.5) is 0 Å². The van der Waals surface area contributed by atoms with E-state index in [1.807, 2.05) is 0 Å². The minimum Gasteiger partial charge on any atom is -0.393 e. The lowest BCUT2D eigenvalue weighted by atomic mass is 9.44. The van der Waals surface area contributed by atoms with Crippen molar-refractivity contribution in [1.82, 2.24) is 9.80 Å². The maximum atomic E-state index is 11.4. The topological polar surface area (TPSA) is 26.7 Å². The van der Waals surface area contributed by atoms with Gasteiger partial charge in [0.25, 0.3) is 0 Å². The zero-order valence-corrected chi connectivity index (χ0v) is 20.8. The highest BCUT2D eigenvalue weighted by molar-refractivity contribution is 5.36. The normalized spacial score (nSPS) is 57.6. The van der Waals surface area contributed by atoms with Gasteiger partial charge in [0, 0.05) is 18.0 Å². The molecule has 11 unspecified atom stereocenters. The van der Waals surface area contributed by atoms with E-state index in [0.29, 0.717) is 28.7 Å². The minimum absolute atomic E-state index is 0.170. The first-order valence-corrected chi connectivity index (χ1v) is 12.6. The second-order valence-corrected chi connectivity index (χ2v) is 13.1. The molecular weight excluding hydrogens is 368 g/mol. The highest BCUT2D eigenvalue weighted by Gasteiger charge is 2.81. The summed E-state index contributed by atoms with van der Waals surface area (Å²) >= 11 is 0. The summed E-state index contributed by atoms with van der Waals surface area (Å²) in [6.07, 6.45) is 13.1. The average molecular weight is 415 g/mol. The Morgan fingerprint density at radius 1 is 0.967 bits per heavy atom. The van der Waals surface area contributed by atoms with E-state index in [2.05, 4.69) is 77.8 Å². The van der Waals surface area contributed by atoms with Crippen molar-refractivity contribution in [2.75, 3.05) is 28.2 Å². The van der Waals surface area contributed by atoms with Crippen molar-refractivity contribution in [3.63, 3.8) is 0 Å². The molecule has 170 valence electrons. The quantitative estimate of drug-likeness (QED) is 0.680. The zero-order chi connectivity index (χ0) is 21.9. The van der Waals surface area contributed by atoms with Crippen molar-refractivity contribution in [1.29, 1.82) is 0 Å². The Hall–Kier alpha value is -0.380. The predicted octanol–water partition coefficient (Wildman–Crippen LogP) is 4.66. The largest absolute Gasteiger partial charge is 0.393 e. The Balaban J connectivity index is 1.53. The van der Waals surface area contributed by atoms with Crippen molar-refractivity contribution < 1.29 is 5.11 Å². The van der Waals surface area contributed by atoms with E-state index in [1.165, 1.54) is 32.1 Å². The Labute approximate surface area is 185 Å². The van der Waals surface area contributed by atoms with Crippen LogP contribution in [0.3, 0.4) is 0 Å². The third-order valence-electron chi connectivity index (χ3n) is 12.2. The van der Waals surface area contributed by atoms with Gasteiger partial charge in [-0.3, -0.25) is 0 Å². The molecule has 5 rings (SSSR count). The van der Waals surface area contributed by atoms with Gasteiger partial charge in [-0.15, -0.1) is 0 Å². The van der Waals surface area contributed by atoms with E-state index < -0.39 is 0 Å². The molecule has 0 aromatic rings. The van der Waals surface area contributed by atoms with Gasteiger partial charge in [0.05, 0.1) is 6.10 Å². The average Bonchev–Trinajstić information content (AvgIpc) is 3.26. The van der Waals surface area contributed by atoms with Crippen molar-refractivity contribution in [2.24, 2.45) is 45.3 Å². The molecule has 5 aliphatic rings. The maximum absolute atomic E-state index is 11.4. The molecule has 0 aromatic heterocycles. The number of nitrogens with zero attached hydrogens (tertiary/aromatic N) is 2. The Kier molecular flexibility index (Phi) is 4.55. The molecule has 0 aromatic carbocycles. The van der Waals surface area contributed by atoms with E-state index in [1.54, 1.807) is 0 Å². The summed E-state index contributed by atoms with van der Waals surface area (Å²) in [7, 11) is 8.92. The van der Waals surface area contributed by atoms with Crippen molar-refractivity contribution in [3.05, 3.63) is 12.2 Å². The third kappa shape index (κ3) is 2.28. The summed E-state index contributed by atoms with van der Waals surface area (Å²) < 4.78 is 0. The molecule has 1 N–H and O–H groups in total. The highest BCUT2D eigenvalue weighted by Crippen LogP contribution is 2.86. The van der Waals surface area contributed by atoms with Gasteiger partial charge in [-0.2, -0.15) is 0 Å².